The van der Waals surface area contributed by atoms with Crippen molar-refractivity contribution in [2.45, 2.75) is 20.1 Å². The maximum Gasteiger partial charge on any atom is 0.212 e. The number of rotatable bonds is 7. The van der Waals surface area contributed by atoms with Gasteiger partial charge in [0.05, 0.1) is 13.7 Å². The van der Waals surface area contributed by atoms with E-state index in [4.69, 9.17) is 9.47 Å². The molecule has 0 spiro atoms. The van der Waals surface area contributed by atoms with Crippen molar-refractivity contribution < 1.29 is 9.47 Å². The molecule has 0 aliphatic carbocycles. The van der Waals surface area contributed by atoms with Crippen LogP contribution in [-0.2, 0) is 20.2 Å². The fourth-order valence-corrected chi connectivity index (χ4v) is 1.84. The van der Waals surface area contributed by atoms with E-state index < -0.39 is 0 Å². The van der Waals surface area contributed by atoms with Crippen molar-refractivity contribution in [1.29, 1.82) is 0 Å². The van der Waals surface area contributed by atoms with Crippen LogP contribution in [0.5, 0.6) is 11.5 Å². The fourth-order valence-electron chi connectivity index (χ4n) is 1.84. The van der Waals surface area contributed by atoms with Crippen molar-refractivity contribution in [1.82, 2.24) is 25.5 Å². The number of ether oxygens (including phenoxy) is 2. The van der Waals surface area contributed by atoms with Gasteiger partial charge < -0.3 is 14.8 Å². The monoisotopic (exact) mass is 277 g/mol. The largest absolute Gasteiger partial charge is 0.490 e. The van der Waals surface area contributed by atoms with E-state index >= 15 is 0 Å². The van der Waals surface area contributed by atoms with Crippen LogP contribution in [0.15, 0.2) is 18.2 Å². The van der Waals surface area contributed by atoms with Crippen molar-refractivity contribution >= 4 is 0 Å². The molecule has 0 unspecified atom stereocenters. The quantitative estimate of drug-likeness (QED) is 0.811. The lowest BCUT2D eigenvalue weighted by Gasteiger charge is -2.14. The van der Waals surface area contributed by atoms with Crippen molar-refractivity contribution in [3.8, 4) is 11.5 Å². The molecule has 7 nitrogen and oxygen atoms in total. The second kappa shape index (κ2) is 6.85. The van der Waals surface area contributed by atoms with E-state index in [-0.39, 0.29) is 6.61 Å². The summed E-state index contributed by atoms with van der Waals surface area (Å²) in [5, 5.41) is 14.9. The molecule has 1 heterocycles. The zero-order valence-corrected chi connectivity index (χ0v) is 12.0. The van der Waals surface area contributed by atoms with E-state index in [1.165, 1.54) is 4.80 Å². The first-order valence-corrected chi connectivity index (χ1v) is 6.49. The molecule has 0 aliphatic heterocycles. The van der Waals surface area contributed by atoms with Gasteiger partial charge in [-0.1, -0.05) is 12.1 Å². The number of para-hydroxylation sites is 1. The number of nitrogens with one attached hydrogen (secondary N) is 1. The van der Waals surface area contributed by atoms with Gasteiger partial charge in [0.25, 0.3) is 0 Å². The zero-order chi connectivity index (χ0) is 14.4. The predicted molar refractivity (Wildman–Crippen MR) is 73.5 cm³/mol. The maximum atomic E-state index is 5.83. The third-order valence-electron chi connectivity index (χ3n) is 2.62. The van der Waals surface area contributed by atoms with Gasteiger partial charge in [0.2, 0.25) is 5.82 Å². The number of hydrogen-bond acceptors (Lipinski definition) is 6. The lowest BCUT2D eigenvalue weighted by Crippen LogP contribution is -2.09. The van der Waals surface area contributed by atoms with Crippen molar-refractivity contribution in [3.63, 3.8) is 0 Å². The summed E-state index contributed by atoms with van der Waals surface area (Å²) in [4.78, 5) is 1.40. The van der Waals surface area contributed by atoms with Gasteiger partial charge in [-0.25, -0.2) is 0 Å². The summed E-state index contributed by atoms with van der Waals surface area (Å²) in [6.07, 6.45) is 0. The van der Waals surface area contributed by atoms with Gasteiger partial charge in [-0.3, -0.25) is 0 Å². The lowest BCUT2D eigenvalue weighted by atomic mass is 10.2. The predicted octanol–water partition coefficient (Wildman–Crippen LogP) is 0.907. The third-order valence-corrected chi connectivity index (χ3v) is 2.62. The Morgan fingerprint density at radius 2 is 2.15 bits per heavy atom. The summed E-state index contributed by atoms with van der Waals surface area (Å²) in [6.45, 7) is 3.49. The maximum absolute atomic E-state index is 5.83. The van der Waals surface area contributed by atoms with Gasteiger partial charge >= 0.3 is 0 Å². The molecular formula is C13H19N5O2. The van der Waals surface area contributed by atoms with E-state index in [2.05, 4.69) is 20.7 Å². The zero-order valence-electron chi connectivity index (χ0n) is 12.0. The number of nitrogens with zero attached hydrogens (tertiary/aromatic N) is 4. The van der Waals surface area contributed by atoms with Crippen LogP contribution in [0, 0.1) is 0 Å². The molecule has 0 radical (unpaired) electrons. The first-order chi connectivity index (χ1) is 9.74. The minimum atomic E-state index is 0.259. The van der Waals surface area contributed by atoms with E-state index in [1.54, 1.807) is 7.05 Å². The molecule has 0 bridgehead atoms. The molecule has 20 heavy (non-hydrogen) atoms. The van der Waals surface area contributed by atoms with Crippen LogP contribution in [0.25, 0.3) is 0 Å². The Morgan fingerprint density at radius 3 is 2.80 bits per heavy atom. The molecule has 0 saturated heterocycles. The Labute approximate surface area is 117 Å². The Balaban J connectivity index is 2.18. The summed E-state index contributed by atoms with van der Waals surface area (Å²) in [5.41, 5.74) is 1.03. The average molecular weight is 277 g/mol. The van der Waals surface area contributed by atoms with Crippen molar-refractivity contribution in [2.24, 2.45) is 7.05 Å². The SMILES string of the molecule is CCOc1cccc(CNC)c1OCc1nnn(C)n1. The highest BCUT2D eigenvalue weighted by Crippen LogP contribution is 2.31. The lowest BCUT2D eigenvalue weighted by molar-refractivity contribution is 0.260. The summed E-state index contributed by atoms with van der Waals surface area (Å²) in [6, 6.07) is 5.84. The number of benzene rings is 1. The molecule has 7 heteroatoms. The fraction of sp³-hybridized carbons (Fsp3) is 0.462. The van der Waals surface area contributed by atoms with E-state index in [1.807, 2.05) is 32.2 Å². The highest BCUT2D eigenvalue weighted by molar-refractivity contribution is 5.46. The third kappa shape index (κ3) is 3.45. The van der Waals surface area contributed by atoms with Crippen LogP contribution in [0.2, 0.25) is 0 Å². The summed E-state index contributed by atoms with van der Waals surface area (Å²) in [5.74, 6) is 1.98. The van der Waals surface area contributed by atoms with Crippen LogP contribution >= 0.6 is 0 Å². The molecule has 1 aromatic heterocycles. The van der Waals surface area contributed by atoms with Crippen molar-refractivity contribution in [2.75, 3.05) is 13.7 Å². The number of tetrazole rings is 1. The highest BCUT2D eigenvalue weighted by atomic mass is 16.5. The molecule has 1 N–H and O–H groups in total. The molecule has 0 atom stereocenters. The van der Waals surface area contributed by atoms with E-state index in [0.29, 0.717) is 19.0 Å². The molecule has 0 amide bonds. The van der Waals surface area contributed by atoms with Crippen molar-refractivity contribution in [3.05, 3.63) is 29.6 Å². The first kappa shape index (κ1) is 14.3. The van der Waals surface area contributed by atoms with Gasteiger partial charge in [0, 0.05) is 12.1 Å². The summed E-state index contributed by atoms with van der Waals surface area (Å²) < 4.78 is 11.4. The number of aromatic nitrogens is 4. The van der Waals surface area contributed by atoms with Gasteiger partial charge in [-0.15, -0.1) is 10.2 Å². The molecular weight excluding hydrogens is 258 g/mol. The standard InChI is InChI=1S/C13H19N5O2/c1-4-19-11-7-5-6-10(8-14-2)13(11)20-9-12-15-17-18(3)16-12/h5-7,14H,4,8-9H2,1-3H3. The minimum absolute atomic E-state index is 0.259. The van der Waals surface area contributed by atoms with Crippen LogP contribution < -0.4 is 14.8 Å². The summed E-state index contributed by atoms with van der Waals surface area (Å²) >= 11 is 0. The molecule has 0 aliphatic rings. The average Bonchev–Trinajstić information content (AvgIpc) is 2.84. The number of hydrogen-bond donors (Lipinski definition) is 1. The second-order valence-electron chi connectivity index (χ2n) is 4.19. The smallest absolute Gasteiger partial charge is 0.212 e. The Morgan fingerprint density at radius 1 is 1.30 bits per heavy atom. The molecule has 108 valence electrons. The van der Waals surface area contributed by atoms with E-state index in [0.717, 1.165) is 17.1 Å². The van der Waals surface area contributed by atoms with E-state index in [9.17, 15) is 0 Å². The van der Waals surface area contributed by atoms with Gasteiger partial charge in [-0.05, 0) is 25.3 Å². The number of aryl methyl sites for hydroxylation is 1. The highest BCUT2D eigenvalue weighted by Gasteiger charge is 2.12. The van der Waals surface area contributed by atoms with Crippen LogP contribution in [0.1, 0.15) is 18.3 Å². The molecule has 0 saturated carbocycles. The van der Waals surface area contributed by atoms with Gasteiger partial charge in [0.15, 0.2) is 18.1 Å². The van der Waals surface area contributed by atoms with Crippen LogP contribution in [0.3, 0.4) is 0 Å². The minimum Gasteiger partial charge on any atom is -0.490 e. The first-order valence-electron chi connectivity index (χ1n) is 6.49. The summed E-state index contributed by atoms with van der Waals surface area (Å²) in [7, 11) is 3.61. The second-order valence-corrected chi connectivity index (χ2v) is 4.19. The molecule has 2 rings (SSSR count). The molecule has 2 aromatic rings. The molecule has 0 fully saturated rings. The van der Waals surface area contributed by atoms with Crippen LogP contribution in [0.4, 0.5) is 0 Å². The van der Waals surface area contributed by atoms with Crippen LogP contribution in [-0.4, -0.2) is 33.9 Å². The topological polar surface area (TPSA) is 74.1 Å². The Hall–Kier alpha value is -2.15. The Bertz CT molecular complexity index is 531. The van der Waals surface area contributed by atoms with Gasteiger partial charge in [-0.2, -0.15) is 4.80 Å². The van der Waals surface area contributed by atoms with Gasteiger partial charge in [0.1, 0.15) is 0 Å². The molecule has 1 aromatic carbocycles. The normalized spacial score (nSPS) is 10.6. The Kier molecular flexibility index (Phi) is 4.89.